The molecule has 0 bridgehead atoms. The topological polar surface area (TPSA) is 35.2 Å². The highest BCUT2D eigenvalue weighted by molar-refractivity contribution is 5.49. The number of ether oxygens (including phenoxy) is 1. The third-order valence-corrected chi connectivity index (χ3v) is 2.59. The van der Waals surface area contributed by atoms with Crippen molar-refractivity contribution in [2.24, 2.45) is 0 Å². The van der Waals surface area contributed by atoms with Crippen LogP contribution < -0.4 is 10.5 Å². The van der Waals surface area contributed by atoms with E-state index >= 15 is 0 Å². The van der Waals surface area contributed by atoms with Gasteiger partial charge in [-0.15, -0.1) is 0 Å². The molecule has 0 aromatic heterocycles. The van der Waals surface area contributed by atoms with Crippen molar-refractivity contribution >= 4 is 5.69 Å². The van der Waals surface area contributed by atoms with E-state index in [0.29, 0.717) is 5.56 Å². The highest BCUT2D eigenvalue weighted by Gasteiger charge is 2.34. The molecule has 0 unspecified atom stereocenters. The van der Waals surface area contributed by atoms with Crippen molar-refractivity contribution in [1.82, 2.24) is 0 Å². The lowest BCUT2D eigenvalue weighted by atomic mass is 10.1. The van der Waals surface area contributed by atoms with Crippen molar-refractivity contribution in [2.75, 3.05) is 5.73 Å². The minimum Gasteiger partial charge on any atom is -0.488 e. The molecule has 6 heteroatoms. The summed E-state index contributed by atoms with van der Waals surface area (Å²) >= 11 is 0. The normalized spacial score (nSPS) is 11.4. The van der Waals surface area contributed by atoms with Gasteiger partial charge in [-0.3, -0.25) is 0 Å². The molecule has 0 saturated carbocycles. The number of anilines is 1. The Bertz CT molecular complexity index is 610. The molecular weight excluding hydrogens is 274 g/mol. The van der Waals surface area contributed by atoms with Gasteiger partial charge in [0.05, 0.1) is 5.56 Å². The fourth-order valence-corrected chi connectivity index (χ4v) is 1.68. The van der Waals surface area contributed by atoms with E-state index in [9.17, 15) is 17.6 Å². The maximum atomic E-state index is 13.0. The fourth-order valence-electron chi connectivity index (χ4n) is 1.68. The first kappa shape index (κ1) is 14.2. The lowest BCUT2D eigenvalue weighted by molar-refractivity contribution is -0.139. The lowest BCUT2D eigenvalue weighted by Crippen LogP contribution is -2.09. The number of nitrogen functional groups attached to an aromatic ring is 1. The zero-order chi connectivity index (χ0) is 14.8. The summed E-state index contributed by atoms with van der Waals surface area (Å²) in [5.41, 5.74) is 4.83. The molecule has 0 aliphatic carbocycles. The first-order chi connectivity index (χ1) is 9.36. The monoisotopic (exact) mass is 285 g/mol. The van der Waals surface area contributed by atoms with E-state index in [1.165, 1.54) is 24.3 Å². The summed E-state index contributed by atoms with van der Waals surface area (Å²) in [5, 5.41) is 0. The molecule has 2 N–H and O–H groups in total. The van der Waals surface area contributed by atoms with Crippen molar-refractivity contribution in [3.05, 3.63) is 59.4 Å². The zero-order valence-corrected chi connectivity index (χ0v) is 10.2. The maximum Gasteiger partial charge on any atom is 0.420 e. The molecule has 0 fully saturated rings. The minimum absolute atomic E-state index is 0.00423. The Labute approximate surface area is 112 Å². The van der Waals surface area contributed by atoms with Gasteiger partial charge in [0.25, 0.3) is 0 Å². The van der Waals surface area contributed by atoms with Gasteiger partial charge >= 0.3 is 6.18 Å². The molecule has 0 radical (unpaired) electrons. The summed E-state index contributed by atoms with van der Waals surface area (Å²) in [7, 11) is 0. The van der Waals surface area contributed by atoms with E-state index in [1.807, 2.05) is 0 Å². The molecule has 2 nitrogen and oxygen atoms in total. The van der Waals surface area contributed by atoms with E-state index in [0.717, 1.165) is 12.1 Å². The minimum atomic E-state index is -4.56. The standard InChI is InChI=1S/C14H11F4NO/c15-10-3-1-2-9(6-10)8-20-13-5-4-11(19)7-12(13)14(16,17)18/h1-7H,8,19H2. The molecule has 0 aliphatic rings. The Morgan fingerprint density at radius 1 is 1.05 bits per heavy atom. The first-order valence-electron chi connectivity index (χ1n) is 5.70. The van der Waals surface area contributed by atoms with Crippen LogP contribution in [0.2, 0.25) is 0 Å². The van der Waals surface area contributed by atoms with E-state index < -0.39 is 17.6 Å². The van der Waals surface area contributed by atoms with Crippen LogP contribution in [0.15, 0.2) is 42.5 Å². The molecule has 2 aromatic rings. The van der Waals surface area contributed by atoms with Gasteiger partial charge < -0.3 is 10.5 Å². The van der Waals surface area contributed by atoms with Crippen LogP contribution in [-0.2, 0) is 12.8 Å². The molecule has 2 aromatic carbocycles. The smallest absolute Gasteiger partial charge is 0.420 e. The van der Waals surface area contributed by atoms with Crippen LogP contribution in [0.4, 0.5) is 23.2 Å². The van der Waals surface area contributed by atoms with E-state index in [4.69, 9.17) is 10.5 Å². The Hall–Kier alpha value is -2.24. The maximum absolute atomic E-state index is 13.0. The summed E-state index contributed by atoms with van der Waals surface area (Å²) in [6.45, 7) is -0.162. The summed E-state index contributed by atoms with van der Waals surface area (Å²) in [6, 6.07) is 8.74. The second-order valence-electron chi connectivity index (χ2n) is 4.17. The largest absolute Gasteiger partial charge is 0.488 e. The van der Waals surface area contributed by atoms with Gasteiger partial charge in [0.15, 0.2) is 0 Å². The van der Waals surface area contributed by atoms with Gasteiger partial charge in [0.2, 0.25) is 0 Å². The molecule has 0 amide bonds. The van der Waals surface area contributed by atoms with Gasteiger partial charge in [0, 0.05) is 5.69 Å². The summed E-state index contributed by atoms with van der Waals surface area (Å²) in [5.74, 6) is -0.810. The van der Waals surface area contributed by atoms with Gasteiger partial charge in [0.1, 0.15) is 18.2 Å². The number of halogens is 4. The van der Waals surface area contributed by atoms with E-state index in [1.54, 1.807) is 6.07 Å². The molecule has 0 aliphatic heterocycles. The molecule has 20 heavy (non-hydrogen) atoms. The highest BCUT2D eigenvalue weighted by Crippen LogP contribution is 2.37. The fraction of sp³-hybridized carbons (Fsp3) is 0.143. The zero-order valence-electron chi connectivity index (χ0n) is 10.2. The average molecular weight is 285 g/mol. The van der Waals surface area contributed by atoms with Gasteiger partial charge in [-0.1, -0.05) is 12.1 Å². The Balaban J connectivity index is 2.21. The van der Waals surface area contributed by atoms with Crippen LogP contribution in [0.1, 0.15) is 11.1 Å². The van der Waals surface area contributed by atoms with Crippen LogP contribution in [0, 0.1) is 5.82 Å². The second kappa shape index (κ2) is 5.40. The van der Waals surface area contributed by atoms with Crippen LogP contribution in [0.3, 0.4) is 0 Å². The third kappa shape index (κ3) is 3.40. The molecular formula is C14H11F4NO. The number of hydrogen-bond acceptors (Lipinski definition) is 2. The molecule has 0 heterocycles. The quantitative estimate of drug-likeness (QED) is 0.683. The Kier molecular flexibility index (Phi) is 3.83. The number of rotatable bonds is 3. The molecule has 0 spiro atoms. The van der Waals surface area contributed by atoms with Crippen LogP contribution in [-0.4, -0.2) is 0 Å². The van der Waals surface area contributed by atoms with Gasteiger partial charge in [-0.2, -0.15) is 13.2 Å². The Morgan fingerprint density at radius 3 is 2.45 bits per heavy atom. The SMILES string of the molecule is Nc1ccc(OCc2cccc(F)c2)c(C(F)(F)F)c1. The third-order valence-electron chi connectivity index (χ3n) is 2.59. The van der Waals surface area contributed by atoms with Crippen molar-refractivity contribution in [3.8, 4) is 5.75 Å². The molecule has 2 rings (SSSR count). The molecule has 106 valence electrons. The lowest BCUT2D eigenvalue weighted by Gasteiger charge is -2.14. The first-order valence-corrected chi connectivity index (χ1v) is 5.70. The van der Waals surface area contributed by atoms with Crippen molar-refractivity contribution in [3.63, 3.8) is 0 Å². The Morgan fingerprint density at radius 2 is 1.80 bits per heavy atom. The van der Waals surface area contributed by atoms with E-state index in [2.05, 4.69) is 0 Å². The summed E-state index contributed by atoms with van der Waals surface area (Å²) in [4.78, 5) is 0. The number of hydrogen-bond donors (Lipinski definition) is 1. The predicted octanol–water partition coefficient (Wildman–Crippen LogP) is 4.01. The molecule has 0 saturated heterocycles. The summed E-state index contributed by atoms with van der Waals surface area (Å²) < 4.78 is 56.5. The van der Waals surface area contributed by atoms with Crippen LogP contribution in [0.25, 0.3) is 0 Å². The van der Waals surface area contributed by atoms with Crippen molar-refractivity contribution in [1.29, 1.82) is 0 Å². The van der Waals surface area contributed by atoms with Crippen LogP contribution >= 0.6 is 0 Å². The van der Waals surface area contributed by atoms with Gasteiger partial charge in [-0.05, 0) is 35.9 Å². The second-order valence-corrected chi connectivity index (χ2v) is 4.17. The van der Waals surface area contributed by atoms with Crippen LogP contribution in [0.5, 0.6) is 5.75 Å². The van der Waals surface area contributed by atoms with Gasteiger partial charge in [-0.25, -0.2) is 4.39 Å². The van der Waals surface area contributed by atoms with E-state index in [-0.39, 0.29) is 18.0 Å². The number of benzene rings is 2. The number of alkyl halides is 3. The highest BCUT2D eigenvalue weighted by atomic mass is 19.4. The predicted molar refractivity (Wildman–Crippen MR) is 66.6 cm³/mol. The summed E-state index contributed by atoms with van der Waals surface area (Å²) in [6.07, 6.45) is -4.56. The number of nitrogens with two attached hydrogens (primary N) is 1. The average Bonchev–Trinajstić information content (AvgIpc) is 2.36. The van der Waals surface area contributed by atoms with Crippen molar-refractivity contribution < 1.29 is 22.3 Å². The van der Waals surface area contributed by atoms with Crippen molar-refractivity contribution in [2.45, 2.75) is 12.8 Å². The molecule has 0 atom stereocenters.